The van der Waals surface area contributed by atoms with Crippen LogP contribution >= 0.6 is 38.6 Å². The van der Waals surface area contributed by atoms with Gasteiger partial charge in [-0.1, -0.05) is 42.5 Å². The van der Waals surface area contributed by atoms with Crippen molar-refractivity contribution in [2.24, 2.45) is 0 Å². The van der Waals surface area contributed by atoms with Crippen molar-refractivity contribution in [1.29, 1.82) is 0 Å². The van der Waals surface area contributed by atoms with E-state index in [0.717, 1.165) is 30.7 Å². The third-order valence-corrected chi connectivity index (χ3v) is 7.55. The molecule has 3 aromatic heterocycles. The first-order valence-corrected chi connectivity index (χ1v) is 11.7. The lowest BCUT2D eigenvalue weighted by Gasteiger charge is -2.10. The van der Waals surface area contributed by atoms with Crippen LogP contribution in [0.4, 0.5) is 0 Å². The van der Waals surface area contributed by atoms with Crippen molar-refractivity contribution in [1.82, 2.24) is 14.6 Å². The van der Waals surface area contributed by atoms with Crippen LogP contribution < -0.4 is 14.8 Å². The van der Waals surface area contributed by atoms with Crippen LogP contribution in [0.2, 0.25) is 0 Å². The molecule has 0 saturated carbocycles. The Bertz CT molecular complexity index is 1500. The maximum atomic E-state index is 12.8. The minimum atomic E-state index is -0.129. The van der Waals surface area contributed by atoms with Crippen molar-refractivity contribution in [3.05, 3.63) is 83.5 Å². The Balaban J connectivity index is 1.51. The van der Waals surface area contributed by atoms with Crippen molar-refractivity contribution in [2.45, 2.75) is 12.8 Å². The van der Waals surface area contributed by atoms with E-state index in [1.54, 1.807) is 18.4 Å². The summed E-state index contributed by atoms with van der Waals surface area (Å²) in [5.74, 6) is 1.46. The molecule has 30 heavy (non-hydrogen) atoms. The van der Waals surface area contributed by atoms with Gasteiger partial charge in [-0.25, -0.2) is 4.98 Å². The quantitative estimate of drug-likeness (QED) is 0.356. The number of rotatable bonds is 4. The number of hydrogen-bond acceptors (Lipinski definition) is 6. The number of thiophene rings is 1. The number of ether oxygens (including phenoxy) is 1. The number of aromatic nitrogens is 3. The molecule has 1 unspecified atom stereocenters. The highest BCUT2D eigenvalue weighted by Crippen LogP contribution is 2.28. The predicted molar refractivity (Wildman–Crippen MR) is 126 cm³/mol. The second kappa shape index (κ2) is 7.61. The van der Waals surface area contributed by atoms with E-state index in [2.05, 4.69) is 51.1 Å². The maximum absolute atomic E-state index is 12.8. The lowest BCUT2D eigenvalue weighted by molar-refractivity contribution is 0.415. The van der Waals surface area contributed by atoms with Gasteiger partial charge < -0.3 is 4.74 Å². The normalized spacial score (nSPS) is 13.4. The molecule has 1 atom stereocenters. The summed E-state index contributed by atoms with van der Waals surface area (Å²) in [6, 6.07) is 16.3. The zero-order valence-corrected chi connectivity index (χ0v) is 19.3. The molecule has 2 aromatic carbocycles. The lowest BCUT2D eigenvalue weighted by Crippen LogP contribution is -2.23. The summed E-state index contributed by atoms with van der Waals surface area (Å²) in [5, 5.41) is 6.77. The highest BCUT2D eigenvalue weighted by atomic mass is 79.9. The van der Waals surface area contributed by atoms with Crippen molar-refractivity contribution in [3.8, 4) is 5.75 Å². The predicted octanol–water partition coefficient (Wildman–Crippen LogP) is 4.84. The van der Waals surface area contributed by atoms with Crippen LogP contribution in [0.1, 0.15) is 29.1 Å². The zero-order valence-electron chi connectivity index (χ0n) is 16.1. The van der Waals surface area contributed by atoms with Gasteiger partial charge in [0.2, 0.25) is 4.96 Å². The molecular formula is C22H16BrN3O2S2. The van der Waals surface area contributed by atoms with Gasteiger partial charge in [0, 0.05) is 10.8 Å². The molecule has 5 nitrogen and oxygen atoms in total. The smallest absolute Gasteiger partial charge is 0.291 e. The van der Waals surface area contributed by atoms with Gasteiger partial charge in [-0.05, 0) is 62.6 Å². The first kappa shape index (κ1) is 19.4. The van der Waals surface area contributed by atoms with Gasteiger partial charge in [-0.15, -0.1) is 16.4 Å². The highest BCUT2D eigenvalue weighted by molar-refractivity contribution is 9.11. The second-order valence-electron chi connectivity index (χ2n) is 6.92. The summed E-state index contributed by atoms with van der Waals surface area (Å²) in [4.78, 5) is 19.1. The second-order valence-corrected chi connectivity index (χ2v) is 10.4. The minimum Gasteiger partial charge on any atom is -0.497 e. The van der Waals surface area contributed by atoms with E-state index in [1.165, 1.54) is 15.9 Å². The van der Waals surface area contributed by atoms with Gasteiger partial charge in [0.15, 0.2) is 5.82 Å². The Hall–Kier alpha value is -2.55. The molecule has 0 radical (unpaired) electrons. The van der Waals surface area contributed by atoms with Crippen LogP contribution in [0, 0.1) is 0 Å². The van der Waals surface area contributed by atoms with Crippen molar-refractivity contribution in [3.63, 3.8) is 0 Å². The highest BCUT2D eigenvalue weighted by Gasteiger charge is 2.18. The molecule has 0 saturated heterocycles. The number of methoxy groups -OCH3 is 1. The topological polar surface area (TPSA) is 56.5 Å². The van der Waals surface area contributed by atoms with Crippen LogP contribution in [0.25, 0.3) is 21.8 Å². The van der Waals surface area contributed by atoms with E-state index < -0.39 is 0 Å². The van der Waals surface area contributed by atoms with Crippen LogP contribution in [-0.4, -0.2) is 21.7 Å². The van der Waals surface area contributed by atoms with E-state index in [-0.39, 0.29) is 11.5 Å². The van der Waals surface area contributed by atoms with Gasteiger partial charge in [0.1, 0.15) is 5.75 Å². The van der Waals surface area contributed by atoms with Gasteiger partial charge in [0.25, 0.3) is 5.56 Å². The number of benzene rings is 2. The summed E-state index contributed by atoms with van der Waals surface area (Å²) >= 11 is 6.40. The van der Waals surface area contributed by atoms with Crippen LogP contribution in [-0.2, 0) is 0 Å². The maximum Gasteiger partial charge on any atom is 0.291 e. The largest absolute Gasteiger partial charge is 0.497 e. The molecule has 5 rings (SSSR count). The van der Waals surface area contributed by atoms with Crippen molar-refractivity contribution in [2.75, 3.05) is 7.11 Å². The summed E-state index contributed by atoms with van der Waals surface area (Å²) in [7, 11) is 1.67. The molecule has 0 amide bonds. The number of halogens is 1. The van der Waals surface area contributed by atoms with Crippen LogP contribution in [0.5, 0.6) is 5.75 Å². The van der Waals surface area contributed by atoms with Crippen LogP contribution in [0.15, 0.2) is 57.1 Å². The average molecular weight is 498 g/mol. The SMILES string of the molecule is COc1ccc2cc(C(C)c3nc4s/c(=C\c5ccc(Br)s5)c(=O)n4n3)ccc2c1. The van der Waals surface area contributed by atoms with Gasteiger partial charge >= 0.3 is 0 Å². The summed E-state index contributed by atoms with van der Waals surface area (Å²) in [6.45, 7) is 2.06. The Morgan fingerprint density at radius 3 is 2.63 bits per heavy atom. The first-order chi connectivity index (χ1) is 14.5. The Kier molecular flexibility index (Phi) is 4.92. The standard InChI is InChI=1S/C22H16BrN3O2S2/c1-12(13-3-4-15-10-16(28-2)6-5-14(15)9-13)20-24-22-26(25-20)21(27)18(30-22)11-17-7-8-19(23)29-17/h3-12H,1-2H3/b18-11-. The minimum absolute atomic E-state index is 0.0244. The van der Waals surface area contributed by atoms with Gasteiger partial charge in [-0.3, -0.25) is 4.79 Å². The molecule has 8 heteroatoms. The zero-order chi connectivity index (χ0) is 20.8. The number of nitrogens with zero attached hydrogens (tertiary/aromatic N) is 3. The third-order valence-electron chi connectivity index (χ3n) is 5.02. The average Bonchev–Trinajstić information content (AvgIpc) is 3.44. The number of thiazole rings is 1. The first-order valence-electron chi connectivity index (χ1n) is 9.26. The van der Waals surface area contributed by atoms with Crippen molar-refractivity contribution >= 4 is 60.4 Å². The molecule has 3 heterocycles. The van der Waals surface area contributed by atoms with Crippen molar-refractivity contribution < 1.29 is 4.74 Å². The molecule has 5 aromatic rings. The van der Waals surface area contributed by atoms with E-state index >= 15 is 0 Å². The van der Waals surface area contributed by atoms with E-state index in [4.69, 9.17) is 4.74 Å². The molecule has 0 aliphatic carbocycles. The molecule has 0 N–H and O–H groups in total. The molecule has 0 fully saturated rings. The third kappa shape index (κ3) is 3.45. The fourth-order valence-corrected chi connectivity index (χ4v) is 5.70. The van der Waals surface area contributed by atoms with Gasteiger partial charge in [0.05, 0.1) is 15.4 Å². The Labute approximate surface area is 188 Å². The fraction of sp³-hybridized carbons (Fsp3) is 0.136. The van der Waals surface area contributed by atoms with E-state index in [1.807, 2.05) is 36.4 Å². The Morgan fingerprint density at radius 1 is 1.10 bits per heavy atom. The monoisotopic (exact) mass is 497 g/mol. The summed E-state index contributed by atoms with van der Waals surface area (Å²) in [6.07, 6.45) is 1.89. The summed E-state index contributed by atoms with van der Waals surface area (Å²) in [5.41, 5.74) is 0.977. The molecule has 0 aliphatic heterocycles. The number of hydrogen-bond donors (Lipinski definition) is 0. The van der Waals surface area contributed by atoms with E-state index in [9.17, 15) is 4.79 Å². The molecule has 0 spiro atoms. The fourth-order valence-electron chi connectivity index (χ4n) is 3.36. The van der Waals surface area contributed by atoms with Gasteiger partial charge in [-0.2, -0.15) is 4.52 Å². The Morgan fingerprint density at radius 2 is 1.90 bits per heavy atom. The lowest BCUT2D eigenvalue weighted by atomic mass is 9.97. The van der Waals surface area contributed by atoms with E-state index in [0.29, 0.717) is 15.3 Å². The molecular weight excluding hydrogens is 482 g/mol. The molecule has 0 bridgehead atoms. The number of fused-ring (bicyclic) bond motifs is 2. The molecule has 150 valence electrons. The molecule has 0 aliphatic rings. The summed E-state index contributed by atoms with van der Waals surface area (Å²) < 4.78 is 8.38. The van der Waals surface area contributed by atoms with Crippen LogP contribution in [0.3, 0.4) is 0 Å².